The van der Waals surface area contributed by atoms with Crippen LogP contribution in [0.3, 0.4) is 0 Å². The van der Waals surface area contributed by atoms with Crippen molar-refractivity contribution in [1.82, 2.24) is 4.98 Å². The maximum atomic E-state index is 12.2. The minimum Gasteiger partial charge on any atom is -0.454 e. The van der Waals surface area contributed by atoms with Gasteiger partial charge in [0.25, 0.3) is 5.22 Å². The summed E-state index contributed by atoms with van der Waals surface area (Å²) in [6.07, 6.45) is 1.68. The number of fused-ring (bicyclic) bond motifs is 1. The quantitative estimate of drug-likeness (QED) is 0.659. The van der Waals surface area contributed by atoms with Gasteiger partial charge in [-0.25, -0.2) is 4.98 Å². The van der Waals surface area contributed by atoms with Crippen molar-refractivity contribution in [1.29, 1.82) is 0 Å². The van der Waals surface area contributed by atoms with Crippen molar-refractivity contribution in [2.75, 3.05) is 17.9 Å². The Morgan fingerprint density at radius 2 is 1.96 bits per heavy atom. The van der Waals surface area contributed by atoms with Crippen LogP contribution in [-0.4, -0.2) is 23.4 Å². The largest absolute Gasteiger partial charge is 0.454 e. The van der Waals surface area contributed by atoms with Crippen molar-refractivity contribution in [3.63, 3.8) is 0 Å². The molecule has 7 heteroatoms. The van der Waals surface area contributed by atoms with E-state index in [4.69, 9.17) is 13.9 Å². The van der Waals surface area contributed by atoms with Crippen LogP contribution in [0.1, 0.15) is 11.1 Å². The number of anilines is 1. The number of carbonyl (C=O) groups is 1. The normalized spacial score (nSPS) is 12.2. The predicted octanol–water partition coefficient (Wildman–Crippen LogP) is 4.42. The van der Waals surface area contributed by atoms with Gasteiger partial charge >= 0.3 is 0 Å². The molecule has 0 saturated heterocycles. The van der Waals surface area contributed by atoms with Gasteiger partial charge in [-0.15, -0.1) is 0 Å². The number of nitrogens with one attached hydrogen (secondary N) is 1. The number of ether oxygens (including phenoxy) is 2. The number of oxazole rings is 1. The number of carbonyl (C=O) groups excluding carboxylic acids is 1. The van der Waals surface area contributed by atoms with E-state index in [9.17, 15) is 4.79 Å². The molecule has 1 N–H and O–H groups in total. The molecular weight excluding hydrogens is 364 g/mol. The van der Waals surface area contributed by atoms with Gasteiger partial charge in [0.05, 0.1) is 11.9 Å². The Labute approximate surface area is 160 Å². The number of rotatable bonds is 5. The number of amides is 1. The van der Waals surface area contributed by atoms with Crippen molar-refractivity contribution in [2.24, 2.45) is 0 Å². The Morgan fingerprint density at radius 3 is 2.81 bits per heavy atom. The summed E-state index contributed by atoms with van der Waals surface area (Å²) >= 11 is 1.25. The van der Waals surface area contributed by atoms with E-state index in [1.165, 1.54) is 22.9 Å². The predicted molar refractivity (Wildman–Crippen MR) is 103 cm³/mol. The van der Waals surface area contributed by atoms with Gasteiger partial charge in [-0.2, -0.15) is 0 Å². The number of aromatic nitrogens is 1. The lowest BCUT2D eigenvalue weighted by atomic mass is 10.1. The lowest BCUT2D eigenvalue weighted by molar-refractivity contribution is -0.113. The van der Waals surface area contributed by atoms with E-state index < -0.39 is 0 Å². The summed E-state index contributed by atoms with van der Waals surface area (Å²) in [5.41, 5.74) is 4.06. The zero-order chi connectivity index (χ0) is 18.8. The van der Waals surface area contributed by atoms with Gasteiger partial charge in [0, 0.05) is 17.3 Å². The molecule has 0 saturated carbocycles. The molecule has 0 aliphatic carbocycles. The van der Waals surface area contributed by atoms with Crippen LogP contribution in [0.5, 0.6) is 11.5 Å². The van der Waals surface area contributed by atoms with Gasteiger partial charge in [-0.05, 0) is 43.2 Å². The van der Waals surface area contributed by atoms with Crippen LogP contribution in [0.25, 0.3) is 11.3 Å². The van der Waals surface area contributed by atoms with Crippen LogP contribution in [0.15, 0.2) is 52.2 Å². The van der Waals surface area contributed by atoms with Crippen LogP contribution in [-0.2, 0) is 4.79 Å². The van der Waals surface area contributed by atoms with E-state index in [0.29, 0.717) is 28.2 Å². The summed E-state index contributed by atoms with van der Waals surface area (Å²) in [6.45, 7) is 4.33. The standard InChI is InChI=1S/C20H18N2O4S/c1-12-3-4-14(7-13(12)2)18-9-21-20(26-18)27-10-19(23)22-15-5-6-16-17(8-15)25-11-24-16/h3-9H,10-11H2,1-2H3,(H,22,23). The first kappa shape index (κ1) is 17.5. The van der Waals surface area contributed by atoms with Crippen LogP contribution >= 0.6 is 11.8 Å². The van der Waals surface area contributed by atoms with Gasteiger partial charge in [0.1, 0.15) is 0 Å². The monoisotopic (exact) mass is 382 g/mol. The molecule has 2 heterocycles. The average Bonchev–Trinajstić information content (AvgIpc) is 3.31. The summed E-state index contributed by atoms with van der Waals surface area (Å²) in [4.78, 5) is 16.4. The minimum atomic E-state index is -0.148. The SMILES string of the molecule is Cc1ccc(-c2cnc(SCC(=O)Nc3ccc4c(c3)OCO4)o2)cc1C. The second kappa shape index (κ2) is 7.36. The van der Waals surface area contributed by atoms with Gasteiger partial charge in [0.15, 0.2) is 17.3 Å². The highest BCUT2D eigenvalue weighted by Gasteiger charge is 2.15. The molecule has 27 heavy (non-hydrogen) atoms. The molecule has 6 nitrogen and oxygen atoms in total. The molecule has 138 valence electrons. The number of aryl methyl sites for hydroxylation is 2. The Hall–Kier alpha value is -2.93. The number of hydrogen-bond donors (Lipinski definition) is 1. The summed E-state index contributed by atoms with van der Waals surface area (Å²) in [5, 5.41) is 3.29. The van der Waals surface area contributed by atoms with E-state index in [1.54, 1.807) is 24.4 Å². The molecule has 0 unspecified atom stereocenters. The molecular formula is C20H18N2O4S. The molecule has 1 aromatic heterocycles. The third-order valence-electron chi connectivity index (χ3n) is 4.26. The number of benzene rings is 2. The van der Waals surface area contributed by atoms with Gasteiger partial charge in [-0.3, -0.25) is 4.79 Å². The molecule has 4 rings (SSSR count). The summed E-state index contributed by atoms with van der Waals surface area (Å²) in [7, 11) is 0. The molecule has 1 amide bonds. The van der Waals surface area contributed by atoms with Crippen molar-refractivity contribution in [2.45, 2.75) is 19.1 Å². The van der Waals surface area contributed by atoms with Crippen molar-refractivity contribution in [3.8, 4) is 22.8 Å². The van der Waals surface area contributed by atoms with Gasteiger partial charge < -0.3 is 19.2 Å². The first-order valence-corrected chi connectivity index (χ1v) is 9.43. The highest BCUT2D eigenvalue weighted by Crippen LogP contribution is 2.34. The molecule has 3 aromatic rings. The highest BCUT2D eigenvalue weighted by molar-refractivity contribution is 7.99. The van der Waals surface area contributed by atoms with Crippen molar-refractivity contribution in [3.05, 3.63) is 53.7 Å². The van der Waals surface area contributed by atoms with E-state index in [2.05, 4.69) is 36.3 Å². The first-order chi connectivity index (χ1) is 13.1. The minimum absolute atomic E-state index is 0.148. The molecule has 2 aromatic carbocycles. The fourth-order valence-electron chi connectivity index (χ4n) is 2.65. The molecule has 0 atom stereocenters. The fourth-order valence-corrected chi connectivity index (χ4v) is 3.25. The lowest BCUT2D eigenvalue weighted by Gasteiger charge is -2.05. The van der Waals surface area contributed by atoms with Gasteiger partial charge in [-0.1, -0.05) is 23.9 Å². The maximum Gasteiger partial charge on any atom is 0.256 e. The van der Waals surface area contributed by atoms with Crippen molar-refractivity contribution >= 4 is 23.4 Å². The van der Waals surface area contributed by atoms with E-state index in [1.807, 2.05) is 6.07 Å². The topological polar surface area (TPSA) is 73.6 Å². The zero-order valence-electron chi connectivity index (χ0n) is 14.9. The maximum absolute atomic E-state index is 12.2. The Bertz CT molecular complexity index is 999. The molecule has 0 fully saturated rings. The second-order valence-corrected chi connectivity index (χ2v) is 7.12. The summed E-state index contributed by atoms with van der Waals surface area (Å²) in [5.74, 6) is 2.05. The third kappa shape index (κ3) is 3.93. The molecule has 0 spiro atoms. The van der Waals surface area contributed by atoms with Crippen LogP contribution < -0.4 is 14.8 Å². The zero-order valence-corrected chi connectivity index (χ0v) is 15.8. The summed E-state index contributed by atoms with van der Waals surface area (Å²) in [6, 6.07) is 11.4. The highest BCUT2D eigenvalue weighted by atomic mass is 32.2. The lowest BCUT2D eigenvalue weighted by Crippen LogP contribution is -2.13. The number of thioether (sulfide) groups is 1. The molecule has 0 bridgehead atoms. The number of hydrogen-bond acceptors (Lipinski definition) is 6. The van der Waals surface area contributed by atoms with E-state index in [0.717, 1.165) is 5.56 Å². The first-order valence-electron chi connectivity index (χ1n) is 8.44. The van der Waals surface area contributed by atoms with Crippen LogP contribution in [0, 0.1) is 13.8 Å². The Morgan fingerprint density at radius 1 is 1.11 bits per heavy atom. The Balaban J connectivity index is 1.35. The summed E-state index contributed by atoms with van der Waals surface area (Å²) < 4.78 is 16.3. The van der Waals surface area contributed by atoms with E-state index >= 15 is 0 Å². The molecule has 1 aliphatic heterocycles. The van der Waals surface area contributed by atoms with E-state index in [-0.39, 0.29) is 18.5 Å². The van der Waals surface area contributed by atoms with Crippen LogP contribution in [0.2, 0.25) is 0 Å². The number of nitrogens with zero attached hydrogens (tertiary/aromatic N) is 1. The van der Waals surface area contributed by atoms with Crippen LogP contribution in [0.4, 0.5) is 5.69 Å². The smallest absolute Gasteiger partial charge is 0.256 e. The molecule has 0 radical (unpaired) electrons. The Kier molecular flexibility index (Phi) is 4.77. The second-order valence-electron chi connectivity index (χ2n) is 6.19. The van der Waals surface area contributed by atoms with Gasteiger partial charge in [0.2, 0.25) is 12.7 Å². The fraction of sp³-hybridized carbons (Fsp3) is 0.200. The van der Waals surface area contributed by atoms with Crippen molar-refractivity contribution < 1.29 is 18.7 Å². The molecule has 1 aliphatic rings. The third-order valence-corrected chi connectivity index (χ3v) is 5.10. The average molecular weight is 382 g/mol.